The Balaban J connectivity index is 1.97. The van der Waals surface area contributed by atoms with Crippen LogP contribution in [-0.4, -0.2) is 18.4 Å². The summed E-state index contributed by atoms with van der Waals surface area (Å²) >= 11 is 0. The summed E-state index contributed by atoms with van der Waals surface area (Å²) in [6.45, 7) is 1.72. The summed E-state index contributed by atoms with van der Waals surface area (Å²) in [5.41, 5.74) is 3.50. The lowest BCUT2D eigenvalue weighted by Gasteiger charge is -2.09. The van der Waals surface area contributed by atoms with E-state index >= 15 is 0 Å². The standard InChI is InChI=1S/C21H22O3/c1-17(22)16-21(23)24-15-9-8-14-20(18-10-4-2-5-11-18)19-12-6-3-7-13-19/h2-7,10-14H,8-9,15-16H2,1H3. The predicted octanol–water partition coefficient (Wildman–Crippen LogP) is 4.42. The maximum absolute atomic E-state index is 11.3. The summed E-state index contributed by atoms with van der Waals surface area (Å²) in [5.74, 6) is -0.617. The van der Waals surface area contributed by atoms with Crippen LogP contribution in [-0.2, 0) is 14.3 Å². The van der Waals surface area contributed by atoms with Crippen molar-refractivity contribution < 1.29 is 14.3 Å². The summed E-state index contributed by atoms with van der Waals surface area (Å²) in [4.78, 5) is 22.2. The smallest absolute Gasteiger partial charge is 0.313 e. The predicted molar refractivity (Wildman–Crippen MR) is 95.5 cm³/mol. The van der Waals surface area contributed by atoms with Gasteiger partial charge in [0.1, 0.15) is 12.2 Å². The molecule has 0 unspecified atom stereocenters. The van der Waals surface area contributed by atoms with Crippen molar-refractivity contribution >= 4 is 17.3 Å². The van der Waals surface area contributed by atoms with Crippen LogP contribution in [0.4, 0.5) is 0 Å². The normalized spacial score (nSPS) is 10.0. The van der Waals surface area contributed by atoms with Gasteiger partial charge < -0.3 is 4.74 Å². The largest absolute Gasteiger partial charge is 0.465 e. The molecule has 0 heterocycles. The van der Waals surface area contributed by atoms with Gasteiger partial charge >= 0.3 is 5.97 Å². The minimum absolute atomic E-state index is 0.144. The molecule has 0 aliphatic heterocycles. The Morgan fingerprint density at radius 3 is 1.96 bits per heavy atom. The fourth-order valence-corrected chi connectivity index (χ4v) is 2.41. The average Bonchev–Trinajstić information content (AvgIpc) is 2.59. The highest BCUT2D eigenvalue weighted by Crippen LogP contribution is 2.23. The van der Waals surface area contributed by atoms with Crippen molar-refractivity contribution in [1.82, 2.24) is 0 Å². The lowest BCUT2D eigenvalue weighted by molar-refractivity contribution is -0.145. The first-order chi connectivity index (χ1) is 11.7. The van der Waals surface area contributed by atoms with E-state index in [2.05, 4.69) is 30.3 Å². The monoisotopic (exact) mass is 322 g/mol. The molecular formula is C21H22O3. The highest BCUT2D eigenvalue weighted by atomic mass is 16.5. The molecule has 3 heteroatoms. The van der Waals surface area contributed by atoms with E-state index in [1.807, 2.05) is 36.4 Å². The van der Waals surface area contributed by atoms with E-state index in [0.29, 0.717) is 6.61 Å². The van der Waals surface area contributed by atoms with E-state index in [0.717, 1.165) is 24.0 Å². The number of ether oxygens (including phenoxy) is 1. The summed E-state index contributed by atoms with van der Waals surface area (Å²) in [7, 11) is 0. The van der Waals surface area contributed by atoms with Crippen LogP contribution < -0.4 is 0 Å². The van der Waals surface area contributed by atoms with Gasteiger partial charge in [-0.3, -0.25) is 9.59 Å². The maximum Gasteiger partial charge on any atom is 0.313 e. The molecular weight excluding hydrogens is 300 g/mol. The van der Waals surface area contributed by atoms with Crippen LogP contribution in [0.15, 0.2) is 66.7 Å². The second-order valence-corrected chi connectivity index (χ2v) is 5.59. The zero-order chi connectivity index (χ0) is 17.2. The van der Waals surface area contributed by atoms with Crippen molar-refractivity contribution in [3.63, 3.8) is 0 Å². The molecule has 0 fully saturated rings. The Hall–Kier alpha value is -2.68. The number of carbonyl (C=O) groups is 2. The molecule has 0 amide bonds. The Morgan fingerprint density at radius 1 is 0.917 bits per heavy atom. The summed E-state index contributed by atoms with van der Waals surface area (Å²) in [6.07, 6.45) is 3.55. The minimum atomic E-state index is -0.446. The van der Waals surface area contributed by atoms with Gasteiger partial charge in [0.2, 0.25) is 0 Å². The summed E-state index contributed by atoms with van der Waals surface area (Å²) < 4.78 is 5.06. The molecule has 24 heavy (non-hydrogen) atoms. The number of ketones is 1. The summed E-state index contributed by atoms with van der Waals surface area (Å²) in [5, 5.41) is 0. The van der Waals surface area contributed by atoms with Crippen molar-refractivity contribution in [2.45, 2.75) is 26.2 Å². The number of hydrogen-bond donors (Lipinski definition) is 0. The van der Waals surface area contributed by atoms with Crippen molar-refractivity contribution in [3.05, 3.63) is 77.9 Å². The fraction of sp³-hybridized carbons (Fsp3) is 0.238. The number of Topliss-reactive ketones (excluding diaryl/α,β-unsaturated/α-hetero) is 1. The van der Waals surface area contributed by atoms with E-state index in [1.54, 1.807) is 0 Å². The third-order valence-electron chi connectivity index (χ3n) is 3.52. The average molecular weight is 322 g/mol. The van der Waals surface area contributed by atoms with Crippen LogP contribution >= 0.6 is 0 Å². The molecule has 3 nitrogen and oxygen atoms in total. The van der Waals surface area contributed by atoms with Gasteiger partial charge in [0.25, 0.3) is 0 Å². The third-order valence-corrected chi connectivity index (χ3v) is 3.52. The molecule has 0 aliphatic rings. The molecule has 0 atom stereocenters. The Morgan fingerprint density at radius 2 is 1.46 bits per heavy atom. The van der Waals surface area contributed by atoms with Crippen molar-refractivity contribution in [2.24, 2.45) is 0 Å². The van der Waals surface area contributed by atoms with Crippen molar-refractivity contribution in [1.29, 1.82) is 0 Å². The molecule has 0 bridgehead atoms. The zero-order valence-electron chi connectivity index (χ0n) is 13.9. The van der Waals surface area contributed by atoms with Crippen LogP contribution in [0.3, 0.4) is 0 Å². The molecule has 0 saturated carbocycles. The highest BCUT2D eigenvalue weighted by Gasteiger charge is 2.06. The molecule has 124 valence electrons. The number of esters is 1. The van der Waals surface area contributed by atoms with E-state index in [4.69, 9.17) is 4.74 Å². The second kappa shape index (κ2) is 9.46. The fourth-order valence-electron chi connectivity index (χ4n) is 2.41. The van der Waals surface area contributed by atoms with Crippen molar-refractivity contribution in [2.75, 3.05) is 6.61 Å². The SMILES string of the molecule is CC(=O)CC(=O)OCCCC=C(c1ccccc1)c1ccccc1. The maximum atomic E-state index is 11.3. The van der Waals surface area contributed by atoms with E-state index in [-0.39, 0.29) is 12.2 Å². The molecule has 0 aliphatic carbocycles. The molecule has 0 saturated heterocycles. The van der Waals surface area contributed by atoms with Gasteiger partial charge in [0, 0.05) is 0 Å². The van der Waals surface area contributed by atoms with Crippen LogP contribution in [0.2, 0.25) is 0 Å². The van der Waals surface area contributed by atoms with Crippen LogP contribution in [0.1, 0.15) is 37.3 Å². The number of hydrogen-bond acceptors (Lipinski definition) is 3. The zero-order valence-corrected chi connectivity index (χ0v) is 13.9. The number of rotatable bonds is 8. The van der Waals surface area contributed by atoms with Gasteiger partial charge in [0.05, 0.1) is 6.61 Å². The number of carbonyl (C=O) groups excluding carboxylic acids is 2. The third kappa shape index (κ3) is 5.84. The first-order valence-corrected chi connectivity index (χ1v) is 8.13. The first-order valence-electron chi connectivity index (χ1n) is 8.13. The molecule has 2 aromatic carbocycles. The first kappa shape index (κ1) is 17.7. The van der Waals surface area contributed by atoms with Gasteiger partial charge in [-0.05, 0) is 36.5 Å². The molecule has 2 aromatic rings. The Kier molecular flexibility index (Phi) is 6.96. The number of allylic oxidation sites excluding steroid dienone is 1. The number of benzene rings is 2. The lowest BCUT2D eigenvalue weighted by atomic mass is 9.97. The van der Waals surface area contributed by atoms with E-state index < -0.39 is 5.97 Å². The minimum Gasteiger partial charge on any atom is -0.465 e. The lowest BCUT2D eigenvalue weighted by Crippen LogP contribution is -2.09. The molecule has 0 radical (unpaired) electrons. The van der Waals surface area contributed by atoms with Gasteiger partial charge in [0.15, 0.2) is 0 Å². The topological polar surface area (TPSA) is 43.4 Å². The second-order valence-electron chi connectivity index (χ2n) is 5.59. The van der Waals surface area contributed by atoms with E-state index in [1.165, 1.54) is 12.5 Å². The van der Waals surface area contributed by atoms with Gasteiger partial charge in [-0.25, -0.2) is 0 Å². The van der Waals surface area contributed by atoms with Crippen LogP contribution in [0, 0.1) is 0 Å². The van der Waals surface area contributed by atoms with Gasteiger partial charge in [-0.15, -0.1) is 0 Å². The van der Waals surface area contributed by atoms with E-state index in [9.17, 15) is 9.59 Å². The quantitative estimate of drug-likeness (QED) is 0.410. The van der Waals surface area contributed by atoms with Crippen molar-refractivity contribution in [3.8, 4) is 0 Å². The Labute approximate surface area is 143 Å². The number of unbranched alkanes of at least 4 members (excludes halogenated alkanes) is 1. The Bertz CT molecular complexity index is 646. The molecule has 0 spiro atoms. The van der Waals surface area contributed by atoms with Gasteiger partial charge in [-0.1, -0.05) is 66.7 Å². The molecule has 0 N–H and O–H groups in total. The summed E-state index contributed by atoms with van der Waals surface area (Å²) in [6, 6.07) is 20.5. The van der Waals surface area contributed by atoms with Crippen LogP contribution in [0.5, 0.6) is 0 Å². The highest BCUT2D eigenvalue weighted by molar-refractivity contribution is 5.94. The van der Waals surface area contributed by atoms with Crippen LogP contribution in [0.25, 0.3) is 5.57 Å². The molecule has 0 aromatic heterocycles. The van der Waals surface area contributed by atoms with Gasteiger partial charge in [-0.2, -0.15) is 0 Å². The molecule has 2 rings (SSSR count).